The number of para-hydroxylation sites is 4. The van der Waals surface area contributed by atoms with Crippen LogP contribution in [0.15, 0.2) is 97.2 Å². The van der Waals surface area contributed by atoms with Crippen LogP contribution in [0.5, 0.6) is 11.5 Å². The summed E-state index contributed by atoms with van der Waals surface area (Å²) in [6.07, 6.45) is 1.76. The Morgan fingerprint density at radius 2 is 1.47 bits per heavy atom. The normalized spacial score (nSPS) is 22.5. The first-order chi connectivity index (χ1) is 28.0. The number of fused-ring (bicyclic) bond motifs is 4. The number of rotatable bonds is 10. The van der Waals surface area contributed by atoms with E-state index in [1.54, 1.807) is 31.6 Å². The summed E-state index contributed by atoms with van der Waals surface area (Å²) in [6, 6.07) is 27.6. The van der Waals surface area contributed by atoms with Gasteiger partial charge in [-0.25, -0.2) is 4.39 Å². The highest BCUT2D eigenvalue weighted by Gasteiger charge is 2.66. The number of aryl methyl sites for hydroxylation is 1. The largest absolute Gasteiger partial charge is 0.482 e. The lowest BCUT2D eigenvalue weighted by molar-refractivity contribution is -0.146. The third-order valence-corrected chi connectivity index (χ3v) is 11.7. The molecular formula is C44H43FN6O7. The van der Waals surface area contributed by atoms with Crippen molar-refractivity contribution in [2.75, 3.05) is 34.5 Å². The zero-order valence-corrected chi connectivity index (χ0v) is 32.4. The van der Waals surface area contributed by atoms with E-state index in [2.05, 4.69) is 10.3 Å². The van der Waals surface area contributed by atoms with Gasteiger partial charge in [0, 0.05) is 54.5 Å². The molecule has 1 spiro atoms. The lowest BCUT2D eigenvalue weighted by atomic mass is 9.71. The van der Waals surface area contributed by atoms with Crippen LogP contribution in [0, 0.1) is 11.8 Å². The monoisotopic (exact) mass is 786 g/mol. The van der Waals surface area contributed by atoms with Gasteiger partial charge in [0.1, 0.15) is 17.2 Å². The van der Waals surface area contributed by atoms with Crippen molar-refractivity contribution in [2.45, 2.75) is 64.1 Å². The van der Waals surface area contributed by atoms with E-state index in [0.29, 0.717) is 70.6 Å². The van der Waals surface area contributed by atoms with Gasteiger partial charge in [-0.05, 0) is 80.4 Å². The fraction of sp³-hybridized carbons (Fsp3) is 0.341. The van der Waals surface area contributed by atoms with Crippen molar-refractivity contribution in [2.24, 2.45) is 11.8 Å². The lowest BCUT2D eigenvalue weighted by Crippen LogP contribution is -2.45. The number of aliphatic hydroxyl groups excluding tert-OH is 1. The Hall–Kier alpha value is -6.12. The van der Waals surface area contributed by atoms with Gasteiger partial charge >= 0.3 is 0 Å². The first-order valence-electron chi connectivity index (χ1n) is 19.5. The number of hydrogen-bond donors (Lipinski definition) is 1. The van der Waals surface area contributed by atoms with Crippen LogP contribution in [-0.2, 0) is 44.2 Å². The minimum absolute atomic E-state index is 0.0591. The molecule has 0 unspecified atom stereocenters. The van der Waals surface area contributed by atoms with Gasteiger partial charge in [0.25, 0.3) is 17.7 Å². The number of anilines is 5. The molecule has 58 heavy (non-hydrogen) atoms. The zero-order chi connectivity index (χ0) is 40.3. The maximum Gasteiger partial charge on any atom is 0.269 e. The van der Waals surface area contributed by atoms with Crippen LogP contribution in [0.4, 0.5) is 32.8 Å². The standard InChI is InChI=1S/C44H43FN6O7/c1-27-41(43(2,3)45)38(18-20-48-24-29(19-21-52)46-47-48)58-44(27)32-22-31(51-35-9-5-7-11-37(35)57-26-40(51)54)16-17-33(32)49(42(44)55)23-28-12-14-30(15-13-28)50-34-8-4-6-10-36(34)56-25-39(50)53/h4-17,22,24,27,38,41,52H,18-21,23,25-26H2,1-3H3/t27-,38+,41-,44+/m1/s1. The maximum absolute atomic E-state index is 16.5. The minimum Gasteiger partial charge on any atom is -0.482 e. The number of hydrogen-bond acceptors (Lipinski definition) is 9. The molecule has 1 aromatic heterocycles. The summed E-state index contributed by atoms with van der Waals surface area (Å²) < 4.78 is 36.6. The first-order valence-corrected chi connectivity index (χ1v) is 19.5. The van der Waals surface area contributed by atoms with E-state index in [0.717, 1.165) is 5.56 Å². The van der Waals surface area contributed by atoms with Gasteiger partial charge in [-0.3, -0.25) is 28.9 Å². The predicted molar refractivity (Wildman–Crippen MR) is 212 cm³/mol. The topological polar surface area (TPSA) is 140 Å². The highest BCUT2D eigenvalue weighted by molar-refractivity contribution is 6.10. The molecule has 1 N–H and O–H groups in total. The highest BCUT2D eigenvalue weighted by Crippen LogP contribution is 2.59. The van der Waals surface area contributed by atoms with Gasteiger partial charge in [-0.15, -0.1) is 5.10 Å². The molecule has 4 aliphatic heterocycles. The smallest absolute Gasteiger partial charge is 0.269 e. The van der Waals surface area contributed by atoms with E-state index in [1.807, 2.05) is 91.9 Å². The predicted octanol–water partition coefficient (Wildman–Crippen LogP) is 6.16. The van der Waals surface area contributed by atoms with Gasteiger partial charge in [0.2, 0.25) is 0 Å². The Morgan fingerprint density at radius 3 is 2.10 bits per heavy atom. The number of carbonyl (C=O) groups is 3. The fourth-order valence-electron chi connectivity index (χ4n) is 9.24. The van der Waals surface area contributed by atoms with E-state index < -0.39 is 29.2 Å². The molecule has 0 radical (unpaired) electrons. The van der Waals surface area contributed by atoms with Gasteiger partial charge < -0.3 is 24.2 Å². The van der Waals surface area contributed by atoms with Crippen LogP contribution >= 0.6 is 0 Å². The van der Waals surface area contributed by atoms with Crippen LogP contribution in [0.3, 0.4) is 0 Å². The molecule has 9 rings (SSSR count). The number of aliphatic hydroxyl groups is 1. The van der Waals surface area contributed by atoms with Crippen LogP contribution in [0.25, 0.3) is 0 Å². The summed E-state index contributed by atoms with van der Waals surface area (Å²) in [4.78, 5) is 46.7. The summed E-state index contributed by atoms with van der Waals surface area (Å²) in [5.74, 6) is -0.963. The molecule has 3 amide bonds. The summed E-state index contributed by atoms with van der Waals surface area (Å²) >= 11 is 0. The first kappa shape index (κ1) is 37.5. The van der Waals surface area contributed by atoms with Crippen molar-refractivity contribution >= 4 is 46.2 Å². The van der Waals surface area contributed by atoms with Crippen molar-refractivity contribution in [3.05, 3.63) is 114 Å². The Kier molecular flexibility index (Phi) is 9.28. The Bertz CT molecular complexity index is 2410. The number of benzene rings is 4. The van der Waals surface area contributed by atoms with Crippen molar-refractivity contribution < 1.29 is 38.1 Å². The summed E-state index contributed by atoms with van der Waals surface area (Å²) in [7, 11) is 0. The molecule has 0 saturated carbocycles. The molecule has 0 bridgehead atoms. The van der Waals surface area contributed by atoms with Crippen molar-refractivity contribution in [1.29, 1.82) is 0 Å². The number of amides is 3. The lowest BCUT2D eigenvalue weighted by Gasteiger charge is -2.33. The number of aromatic nitrogens is 3. The minimum atomic E-state index is -1.74. The van der Waals surface area contributed by atoms with Crippen LogP contribution in [0.2, 0.25) is 0 Å². The van der Waals surface area contributed by atoms with Crippen LogP contribution in [-0.4, -0.2) is 69.4 Å². The molecule has 298 valence electrons. The molecule has 5 heterocycles. The van der Waals surface area contributed by atoms with E-state index in [-0.39, 0.29) is 44.1 Å². The number of nitrogens with zero attached hydrogens (tertiary/aromatic N) is 6. The average Bonchev–Trinajstić information content (AvgIpc) is 3.86. The third-order valence-electron chi connectivity index (χ3n) is 11.7. The molecule has 1 fully saturated rings. The highest BCUT2D eigenvalue weighted by atomic mass is 19.1. The van der Waals surface area contributed by atoms with E-state index in [9.17, 15) is 14.7 Å². The summed E-state index contributed by atoms with van der Waals surface area (Å²) in [5, 5.41) is 17.7. The van der Waals surface area contributed by atoms with Crippen molar-refractivity contribution in [3.63, 3.8) is 0 Å². The molecule has 4 aromatic carbocycles. The third kappa shape index (κ3) is 6.18. The Balaban J connectivity index is 1.10. The summed E-state index contributed by atoms with van der Waals surface area (Å²) in [6.45, 7) is 5.14. The number of halogens is 1. The summed E-state index contributed by atoms with van der Waals surface area (Å²) in [5.41, 5.74) is 1.66. The van der Waals surface area contributed by atoms with Crippen molar-refractivity contribution in [1.82, 2.24) is 15.0 Å². The number of alkyl halides is 1. The molecule has 4 aliphatic rings. The molecule has 14 heteroatoms. The molecule has 1 saturated heterocycles. The quantitative estimate of drug-likeness (QED) is 0.176. The second-order valence-corrected chi connectivity index (χ2v) is 15.7. The van der Waals surface area contributed by atoms with Gasteiger partial charge in [0.05, 0.1) is 35.4 Å². The van der Waals surface area contributed by atoms with E-state index in [1.165, 1.54) is 13.8 Å². The van der Waals surface area contributed by atoms with Gasteiger partial charge in [-0.2, -0.15) is 0 Å². The molecule has 0 aliphatic carbocycles. The second-order valence-electron chi connectivity index (χ2n) is 15.7. The van der Waals surface area contributed by atoms with Gasteiger partial charge in [-0.1, -0.05) is 48.5 Å². The molecular weight excluding hydrogens is 744 g/mol. The average molecular weight is 787 g/mol. The molecule has 13 nitrogen and oxygen atoms in total. The molecule has 5 aromatic rings. The van der Waals surface area contributed by atoms with Crippen LogP contribution < -0.4 is 24.2 Å². The molecule has 4 atom stereocenters. The zero-order valence-electron chi connectivity index (χ0n) is 32.4. The van der Waals surface area contributed by atoms with Crippen molar-refractivity contribution in [3.8, 4) is 11.5 Å². The Labute approximate surface area is 334 Å². The Morgan fingerprint density at radius 1 is 0.845 bits per heavy atom. The van der Waals surface area contributed by atoms with E-state index in [4.69, 9.17) is 14.2 Å². The second kappa shape index (κ2) is 14.4. The fourth-order valence-corrected chi connectivity index (χ4v) is 9.24. The van der Waals surface area contributed by atoms with Crippen LogP contribution in [0.1, 0.15) is 44.0 Å². The number of ether oxygens (including phenoxy) is 3. The maximum atomic E-state index is 16.5. The number of carbonyl (C=O) groups excluding carboxylic acids is 3. The SMILES string of the molecule is C[C@@H]1[C@@H](C(C)(C)F)[C@H](CCn2cc(CCO)nn2)O[C@@]12C(=O)N(Cc1ccc(N3C(=O)COc4ccccc43)cc1)c1ccc(N3C(=O)COc4ccccc43)cc12. The van der Waals surface area contributed by atoms with E-state index >= 15 is 9.18 Å². The van der Waals surface area contributed by atoms with Gasteiger partial charge in [0.15, 0.2) is 18.8 Å².